The lowest BCUT2D eigenvalue weighted by Crippen LogP contribution is -2.26. The highest BCUT2D eigenvalue weighted by molar-refractivity contribution is 8.00. The van der Waals surface area contributed by atoms with Crippen LogP contribution in [0.4, 0.5) is 0 Å². The van der Waals surface area contributed by atoms with Gasteiger partial charge in [-0.3, -0.25) is 4.79 Å². The first-order chi connectivity index (χ1) is 9.58. The molecule has 0 aromatic heterocycles. The molecule has 0 saturated carbocycles. The number of rotatable bonds is 5. The third kappa shape index (κ3) is 3.63. The van der Waals surface area contributed by atoms with Gasteiger partial charge in [0, 0.05) is 17.6 Å². The quantitative estimate of drug-likeness (QED) is 0.847. The summed E-state index contributed by atoms with van der Waals surface area (Å²) in [7, 11) is 1.80. The number of hydrogen-bond acceptors (Lipinski definition) is 3. The Morgan fingerprint density at radius 1 is 1.40 bits per heavy atom. The molecule has 0 aliphatic heterocycles. The van der Waals surface area contributed by atoms with E-state index in [-0.39, 0.29) is 11.5 Å². The first kappa shape index (κ1) is 14.7. The predicted octanol–water partition coefficient (Wildman–Crippen LogP) is 3.00. The molecule has 0 radical (unpaired) electrons. The summed E-state index contributed by atoms with van der Waals surface area (Å²) >= 11 is 1.37. The SMILES string of the molecule is CN(C(=O)CSc1cccc(C(=O)O)c1)C1=CCCC1. The average molecular weight is 291 g/mol. The van der Waals surface area contributed by atoms with Gasteiger partial charge in [0.1, 0.15) is 0 Å². The predicted molar refractivity (Wildman–Crippen MR) is 78.8 cm³/mol. The molecular weight excluding hydrogens is 274 g/mol. The molecule has 1 aliphatic rings. The number of amides is 1. The second-order valence-corrected chi connectivity index (χ2v) is 5.71. The van der Waals surface area contributed by atoms with Crippen LogP contribution in [0.3, 0.4) is 0 Å². The van der Waals surface area contributed by atoms with E-state index in [4.69, 9.17) is 5.11 Å². The first-order valence-electron chi connectivity index (χ1n) is 6.49. The molecule has 0 atom stereocenters. The topological polar surface area (TPSA) is 57.6 Å². The maximum Gasteiger partial charge on any atom is 0.335 e. The maximum absolute atomic E-state index is 12.1. The van der Waals surface area contributed by atoms with Crippen molar-refractivity contribution in [3.05, 3.63) is 41.6 Å². The van der Waals surface area contributed by atoms with Crippen LogP contribution in [0.15, 0.2) is 40.9 Å². The van der Waals surface area contributed by atoms with E-state index in [1.807, 2.05) is 6.07 Å². The molecule has 0 fully saturated rings. The fourth-order valence-electron chi connectivity index (χ4n) is 2.08. The second kappa shape index (κ2) is 6.61. The van der Waals surface area contributed by atoms with Crippen LogP contribution >= 0.6 is 11.8 Å². The van der Waals surface area contributed by atoms with Gasteiger partial charge in [-0.05, 0) is 37.5 Å². The highest BCUT2D eigenvalue weighted by Gasteiger charge is 2.16. The highest BCUT2D eigenvalue weighted by atomic mass is 32.2. The minimum absolute atomic E-state index is 0.0453. The third-order valence-corrected chi connectivity index (χ3v) is 4.24. The number of aromatic carboxylic acids is 1. The number of carbonyl (C=O) groups excluding carboxylic acids is 1. The molecule has 0 spiro atoms. The Morgan fingerprint density at radius 3 is 2.85 bits per heavy atom. The van der Waals surface area contributed by atoms with Crippen LogP contribution in [0.1, 0.15) is 29.6 Å². The second-order valence-electron chi connectivity index (χ2n) is 4.66. The average Bonchev–Trinajstić information content (AvgIpc) is 2.98. The number of thioether (sulfide) groups is 1. The number of carboxylic acids is 1. The van der Waals surface area contributed by atoms with E-state index in [2.05, 4.69) is 6.08 Å². The molecule has 0 bridgehead atoms. The van der Waals surface area contributed by atoms with Crippen molar-refractivity contribution in [2.24, 2.45) is 0 Å². The number of hydrogen-bond donors (Lipinski definition) is 1. The molecule has 0 saturated heterocycles. The zero-order valence-electron chi connectivity index (χ0n) is 11.3. The summed E-state index contributed by atoms with van der Waals surface area (Å²) in [5.74, 6) is -0.590. The molecule has 106 valence electrons. The van der Waals surface area contributed by atoms with Gasteiger partial charge in [0.15, 0.2) is 0 Å². The van der Waals surface area contributed by atoms with E-state index in [1.165, 1.54) is 11.8 Å². The molecule has 4 nitrogen and oxygen atoms in total. The molecule has 1 amide bonds. The van der Waals surface area contributed by atoms with Gasteiger partial charge < -0.3 is 10.0 Å². The van der Waals surface area contributed by atoms with Crippen molar-refractivity contribution in [2.45, 2.75) is 24.2 Å². The third-order valence-electron chi connectivity index (χ3n) is 3.27. The van der Waals surface area contributed by atoms with Crippen LogP contribution in [0.5, 0.6) is 0 Å². The van der Waals surface area contributed by atoms with Gasteiger partial charge in [-0.1, -0.05) is 12.1 Å². The molecule has 1 aromatic rings. The molecule has 1 aromatic carbocycles. The Hall–Kier alpha value is -1.75. The van der Waals surface area contributed by atoms with Crippen molar-refractivity contribution in [1.82, 2.24) is 4.90 Å². The van der Waals surface area contributed by atoms with Gasteiger partial charge in [0.2, 0.25) is 5.91 Å². The largest absolute Gasteiger partial charge is 0.478 e. The molecule has 0 heterocycles. The highest BCUT2D eigenvalue weighted by Crippen LogP contribution is 2.23. The summed E-state index contributed by atoms with van der Waals surface area (Å²) in [4.78, 5) is 25.5. The monoisotopic (exact) mass is 291 g/mol. The van der Waals surface area contributed by atoms with E-state index in [9.17, 15) is 9.59 Å². The van der Waals surface area contributed by atoms with E-state index >= 15 is 0 Å². The molecule has 1 N–H and O–H groups in total. The lowest BCUT2D eigenvalue weighted by molar-refractivity contribution is -0.125. The van der Waals surface area contributed by atoms with Crippen LogP contribution < -0.4 is 0 Å². The van der Waals surface area contributed by atoms with Crippen molar-refractivity contribution in [2.75, 3.05) is 12.8 Å². The Labute approximate surface area is 122 Å². The molecule has 5 heteroatoms. The molecular formula is C15H17NO3S. The fourth-order valence-corrected chi connectivity index (χ4v) is 2.95. The van der Waals surface area contributed by atoms with E-state index < -0.39 is 5.97 Å². The Morgan fingerprint density at radius 2 is 2.20 bits per heavy atom. The van der Waals surface area contributed by atoms with Gasteiger partial charge in [0.25, 0.3) is 0 Å². The molecule has 20 heavy (non-hydrogen) atoms. The Balaban J connectivity index is 1.93. The van der Waals surface area contributed by atoms with Crippen LogP contribution in [0.2, 0.25) is 0 Å². The van der Waals surface area contributed by atoms with Crippen LogP contribution in [0, 0.1) is 0 Å². The van der Waals surface area contributed by atoms with Crippen molar-refractivity contribution in [3.63, 3.8) is 0 Å². The Kier molecular flexibility index (Phi) is 4.84. The zero-order chi connectivity index (χ0) is 14.5. The normalized spacial score (nSPS) is 13.9. The van der Waals surface area contributed by atoms with Crippen LogP contribution in [0.25, 0.3) is 0 Å². The number of nitrogens with zero attached hydrogens (tertiary/aromatic N) is 1. The summed E-state index contributed by atoms with van der Waals surface area (Å²) in [5.41, 5.74) is 1.34. The standard InChI is InChI=1S/C15H17NO3S/c1-16(12-6-2-3-7-12)14(17)10-20-13-8-4-5-11(9-13)15(18)19/h4-6,8-9H,2-3,7,10H2,1H3,(H,18,19). The van der Waals surface area contributed by atoms with Crippen LogP contribution in [-0.2, 0) is 4.79 Å². The molecule has 2 rings (SSSR count). The van der Waals surface area contributed by atoms with Crippen molar-refractivity contribution in [1.29, 1.82) is 0 Å². The van der Waals surface area contributed by atoms with Gasteiger partial charge in [0.05, 0.1) is 11.3 Å². The zero-order valence-corrected chi connectivity index (χ0v) is 12.2. The summed E-state index contributed by atoms with van der Waals surface area (Å²) < 4.78 is 0. The van der Waals surface area contributed by atoms with Gasteiger partial charge >= 0.3 is 5.97 Å². The minimum atomic E-state index is -0.952. The van der Waals surface area contributed by atoms with Gasteiger partial charge in [-0.2, -0.15) is 0 Å². The smallest absolute Gasteiger partial charge is 0.335 e. The van der Waals surface area contributed by atoms with E-state index in [0.29, 0.717) is 5.75 Å². The number of benzene rings is 1. The lowest BCUT2D eigenvalue weighted by Gasteiger charge is -2.18. The number of allylic oxidation sites excluding steroid dienone is 2. The van der Waals surface area contributed by atoms with Crippen molar-refractivity contribution >= 4 is 23.6 Å². The number of carboxylic acid groups (broad SMARTS) is 1. The van der Waals surface area contributed by atoms with Gasteiger partial charge in [-0.15, -0.1) is 11.8 Å². The number of carbonyl (C=O) groups is 2. The summed E-state index contributed by atoms with van der Waals surface area (Å²) in [5, 5.41) is 8.93. The fraction of sp³-hybridized carbons (Fsp3) is 0.333. The summed E-state index contributed by atoms with van der Waals surface area (Å²) in [6, 6.07) is 6.65. The minimum Gasteiger partial charge on any atom is -0.478 e. The molecule has 0 unspecified atom stereocenters. The Bertz CT molecular complexity index is 554. The maximum atomic E-state index is 12.1. The van der Waals surface area contributed by atoms with Crippen LogP contribution in [-0.4, -0.2) is 34.7 Å². The van der Waals surface area contributed by atoms with Crippen molar-refractivity contribution in [3.8, 4) is 0 Å². The van der Waals surface area contributed by atoms with E-state index in [1.54, 1.807) is 30.1 Å². The van der Waals surface area contributed by atoms with E-state index in [0.717, 1.165) is 29.9 Å². The first-order valence-corrected chi connectivity index (χ1v) is 7.48. The van der Waals surface area contributed by atoms with Gasteiger partial charge in [-0.25, -0.2) is 4.79 Å². The lowest BCUT2D eigenvalue weighted by atomic mass is 10.2. The molecule has 1 aliphatic carbocycles. The summed E-state index contributed by atoms with van der Waals surface area (Å²) in [6.07, 6.45) is 5.22. The van der Waals surface area contributed by atoms with Crippen molar-refractivity contribution < 1.29 is 14.7 Å². The summed E-state index contributed by atoms with van der Waals surface area (Å²) in [6.45, 7) is 0.